The van der Waals surface area contributed by atoms with Crippen molar-refractivity contribution in [1.82, 2.24) is 9.13 Å². The van der Waals surface area contributed by atoms with Crippen molar-refractivity contribution in [2.24, 2.45) is 0 Å². The summed E-state index contributed by atoms with van der Waals surface area (Å²) in [4.78, 5) is 5.09. The summed E-state index contributed by atoms with van der Waals surface area (Å²) in [5, 5.41) is 13.1. The van der Waals surface area contributed by atoms with Crippen molar-refractivity contribution in [3.63, 3.8) is 0 Å². The van der Waals surface area contributed by atoms with Crippen molar-refractivity contribution in [2.45, 2.75) is 57.8 Å². The molecule has 0 saturated carbocycles. The summed E-state index contributed by atoms with van der Waals surface area (Å²) in [7, 11) is 0. The Hall–Kier alpha value is -14.5. The lowest BCUT2D eigenvalue weighted by molar-refractivity contribution is 0.572. The smallest absolute Gasteiger partial charge is 0.252 e. The van der Waals surface area contributed by atoms with E-state index in [9.17, 15) is 14.9 Å². The predicted octanol–water partition coefficient (Wildman–Crippen LogP) is 27.1. The van der Waals surface area contributed by atoms with E-state index in [1.807, 2.05) is 12.1 Å². The lowest BCUT2D eigenvalue weighted by atomic mass is 9.33. The Morgan fingerprint density at radius 3 is 1.29 bits per heavy atom. The molecular weight excluding hydrogens is 1430 g/mol. The minimum Gasteiger partial charge on any atom is -0.310 e. The molecule has 118 heavy (non-hydrogen) atoms. The highest BCUT2D eigenvalue weighted by Gasteiger charge is 2.54. The summed E-state index contributed by atoms with van der Waals surface area (Å²) in [6.07, 6.45) is 0. The van der Waals surface area contributed by atoms with Crippen LogP contribution >= 0.6 is 0 Å². The molecule has 556 valence electrons. The Balaban J connectivity index is 0.937. The van der Waals surface area contributed by atoms with Gasteiger partial charge in [-0.2, -0.15) is 5.26 Å². The molecule has 0 N–H and O–H groups in total. The van der Waals surface area contributed by atoms with Crippen LogP contribution in [0.2, 0.25) is 0 Å². The molecule has 19 aromatic rings. The number of aromatic nitrogens is 2. The number of anilines is 6. The van der Waals surface area contributed by atoms with Crippen LogP contribution < -0.4 is 26.2 Å². The van der Waals surface area contributed by atoms with Gasteiger partial charge in [-0.3, -0.25) is 0 Å². The van der Waals surface area contributed by atoms with Crippen LogP contribution in [0, 0.1) is 11.3 Å². The third kappa shape index (κ3) is 10.0. The molecule has 0 atom stereocenters. The van der Waals surface area contributed by atoms with Gasteiger partial charge in [-0.1, -0.05) is 345 Å². The van der Waals surface area contributed by atoms with E-state index >= 15 is 0 Å². The van der Waals surface area contributed by atoms with Crippen LogP contribution in [0.15, 0.2) is 376 Å². The van der Waals surface area contributed by atoms with Gasteiger partial charge in [0.2, 0.25) is 0 Å². The predicted molar refractivity (Wildman–Crippen MR) is 495 cm³/mol. The van der Waals surface area contributed by atoms with E-state index in [-0.39, 0.29) is 38.2 Å². The van der Waals surface area contributed by atoms with E-state index in [0.29, 0.717) is 5.69 Å². The molecule has 23 rings (SSSR count). The van der Waals surface area contributed by atoms with Crippen LogP contribution in [-0.2, 0) is 16.2 Å². The number of nitriles is 1. The number of hydrogen-bond acceptors (Lipinski definition) is 3. The highest BCUT2D eigenvalue weighted by atomic mass is 15.2. The van der Waals surface area contributed by atoms with Crippen LogP contribution in [0.3, 0.4) is 0 Å². The summed E-state index contributed by atoms with van der Waals surface area (Å²) in [6, 6.07) is 121. The Morgan fingerprint density at radius 2 is 0.780 bits per heavy atom. The Labute approximate surface area is 698 Å². The molecule has 1 spiro atoms. The topological polar surface area (TPSA) is 40.1 Å². The van der Waals surface area contributed by atoms with Crippen molar-refractivity contribution in [3.8, 4) is 95.3 Å². The molecule has 5 nitrogen and oxygen atoms in total. The molecule has 0 fully saturated rings. The minimum absolute atomic E-state index is 0.0117. The SMILES string of the molecule is [2H]c1c([2H])c([2H])c2c(c1[2H])c1c([2H])c(C#N)c([2H])c([2H])c1n2-c1ccc2c(c1)N(c1c(-c3ccccc3)cccc1-c1ccccc1)c1cc(-c3cccc4c3C3(c5ccccc5-c5ccccc53)c3ccccc3-4)cc3c1B2c1ccc(-n2c4ccccc4c4cc(C(C)(C)C)cc(C(C)(C)C)c42)cc1N3c1c(-c2ccccc2)cccc1-c1ccccc1. The molecule has 4 aliphatic rings. The average molecular weight is 1510 g/mol. The summed E-state index contributed by atoms with van der Waals surface area (Å²) in [5.41, 5.74) is 31.9. The van der Waals surface area contributed by atoms with Crippen molar-refractivity contribution >= 4 is 101 Å². The second-order valence-corrected chi connectivity index (χ2v) is 33.9. The third-order valence-corrected chi connectivity index (χ3v) is 25.4. The largest absolute Gasteiger partial charge is 0.310 e. The van der Waals surface area contributed by atoms with E-state index in [2.05, 4.69) is 383 Å². The molecule has 6 heteroatoms. The van der Waals surface area contributed by atoms with Crippen molar-refractivity contribution in [3.05, 3.63) is 415 Å². The zero-order valence-electron chi connectivity index (χ0n) is 73.1. The minimum atomic E-state index is -0.809. The third-order valence-electron chi connectivity index (χ3n) is 25.4. The monoisotopic (exact) mass is 1510 g/mol. The molecule has 0 radical (unpaired) electrons. The molecule has 0 amide bonds. The lowest BCUT2D eigenvalue weighted by Crippen LogP contribution is -2.61. The van der Waals surface area contributed by atoms with Gasteiger partial charge in [0.1, 0.15) is 0 Å². The fraction of sp³-hybridized carbons (Fsp3) is 0.0804. The Bertz CT molecular complexity index is 7750. The summed E-state index contributed by atoms with van der Waals surface area (Å²) in [5.74, 6) is 0. The first kappa shape index (κ1) is 61.9. The molecule has 2 aliphatic heterocycles. The van der Waals surface area contributed by atoms with Gasteiger partial charge in [-0.15, -0.1) is 0 Å². The zero-order chi connectivity index (χ0) is 85.1. The fourth-order valence-electron chi connectivity index (χ4n) is 20.4. The number of nitrogens with zero attached hydrogens (tertiary/aromatic N) is 5. The molecule has 0 bridgehead atoms. The van der Waals surface area contributed by atoms with Gasteiger partial charge in [-0.25, -0.2) is 0 Å². The molecule has 17 aromatic carbocycles. The number of hydrogen-bond donors (Lipinski definition) is 0. The van der Waals surface area contributed by atoms with Gasteiger partial charge < -0.3 is 18.9 Å². The number of para-hydroxylation sites is 4. The molecule has 0 saturated heterocycles. The maximum Gasteiger partial charge on any atom is 0.252 e. The maximum absolute atomic E-state index is 10.8. The highest BCUT2D eigenvalue weighted by Crippen LogP contribution is 2.66. The molecular formula is C112H80BN5. The summed E-state index contributed by atoms with van der Waals surface area (Å²) >= 11 is 0. The second kappa shape index (κ2) is 26.0. The van der Waals surface area contributed by atoms with Gasteiger partial charge in [-0.05, 0) is 189 Å². The fourth-order valence-corrected chi connectivity index (χ4v) is 20.4. The number of rotatable bonds is 9. The van der Waals surface area contributed by atoms with Gasteiger partial charge in [0.15, 0.2) is 0 Å². The molecule has 0 unspecified atom stereocenters. The molecule has 2 aromatic heterocycles. The second-order valence-electron chi connectivity index (χ2n) is 33.9. The first-order valence-corrected chi connectivity index (χ1v) is 40.7. The van der Waals surface area contributed by atoms with Gasteiger partial charge in [0.05, 0.1) is 60.1 Å². The number of benzene rings is 17. The summed E-state index contributed by atoms with van der Waals surface area (Å²) < 4.78 is 72.3. The van der Waals surface area contributed by atoms with Crippen LogP contribution in [-0.4, -0.2) is 15.8 Å². The number of fused-ring (bicyclic) bond motifs is 20. The van der Waals surface area contributed by atoms with Gasteiger partial charge in [0, 0.05) is 77.9 Å². The molecule has 4 heterocycles. The lowest BCUT2D eigenvalue weighted by Gasteiger charge is -2.46. The van der Waals surface area contributed by atoms with E-state index < -0.39 is 54.4 Å². The van der Waals surface area contributed by atoms with Crippen LogP contribution in [0.5, 0.6) is 0 Å². The van der Waals surface area contributed by atoms with Crippen molar-refractivity contribution < 1.29 is 9.60 Å². The van der Waals surface area contributed by atoms with Crippen molar-refractivity contribution in [1.29, 1.82) is 5.26 Å². The van der Waals surface area contributed by atoms with Crippen LogP contribution in [0.4, 0.5) is 34.1 Å². The average Bonchev–Trinajstić information content (AvgIpc) is 1.53. The summed E-state index contributed by atoms with van der Waals surface area (Å²) in [6.45, 7) is 13.3. The normalized spacial score (nSPS) is 14.2. The van der Waals surface area contributed by atoms with E-state index in [4.69, 9.17) is 0 Å². The van der Waals surface area contributed by atoms with E-state index in [1.54, 1.807) is 4.57 Å². The van der Waals surface area contributed by atoms with Crippen molar-refractivity contribution in [2.75, 3.05) is 9.80 Å². The Morgan fingerprint density at radius 1 is 0.339 bits per heavy atom. The van der Waals surface area contributed by atoms with Gasteiger partial charge in [0.25, 0.3) is 6.71 Å². The molecule has 2 aliphatic carbocycles. The first-order chi connectivity index (χ1) is 60.7. The highest BCUT2D eigenvalue weighted by molar-refractivity contribution is 7.00. The van der Waals surface area contributed by atoms with E-state index in [0.717, 1.165) is 139 Å². The van der Waals surface area contributed by atoms with E-state index in [1.165, 1.54) is 49.9 Å². The quantitative estimate of drug-likeness (QED) is 0.135. The maximum atomic E-state index is 10.8. The van der Waals surface area contributed by atoms with Crippen LogP contribution in [0.1, 0.15) is 90.1 Å². The first-order valence-electron chi connectivity index (χ1n) is 44.2. The van der Waals surface area contributed by atoms with Gasteiger partial charge >= 0.3 is 0 Å². The zero-order valence-corrected chi connectivity index (χ0v) is 66.1. The standard InChI is InChI=1S/C112H80BN5/c1-110(2,3)76-65-91-88-44-23-28-55-99(88)116(109(91)95(66-76)111(4,5)6)78-58-60-97-102(68-78)118(108-82(73-36-15-9-16-37-73)48-31-49-83(108)74-38-17-10-18-39-74)104-64-75(79-45-29-50-89-86-42-21-26-53-94(86)112(105(79)89)92-51-24-19-40-84(92)85-41-20-25-52-93(85)112)63-103-106(104)113(97)96-59-57-77(115-98-54-27-22-43-87(98)90-62-70(69-114)56-61-100(90)115)67-101(96)117(103)107-80(71-32-11-7-12-33-71)46-30-47-81(107)72-34-13-8-14-35-72/h7-68H,1-6H3/i22D,27D,43D,54D,56D,61D,62D. The van der Waals surface area contributed by atoms with Crippen LogP contribution in [0.25, 0.3) is 133 Å². The Kier molecular flexibility index (Phi) is 13.6.